The monoisotopic (exact) mass is 238 g/mol. The van der Waals surface area contributed by atoms with Gasteiger partial charge in [0.05, 0.1) is 19.8 Å². The minimum absolute atomic E-state index is 0.878. The molecule has 1 saturated heterocycles. The van der Waals surface area contributed by atoms with Crippen LogP contribution >= 0.6 is 0 Å². The number of aryl methyl sites for hydroxylation is 1. The molecular formula is C12H22N4O. The Balaban J connectivity index is 1.70. The van der Waals surface area contributed by atoms with Gasteiger partial charge in [0.1, 0.15) is 5.82 Å². The van der Waals surface area contributed by atoms with Crippen molar-refractivity contribution in [3.8, 4) is 0 Å². The number of morpholine rings is 1. The topological polar surface area (TPSA) is 33.5 Å². The SMILES string of the molecule is CN(CCN1CCOCC1)Cc1nccn1C. The standard InChI is InChI=1S/C12H22N4O/c1-14(11-12-13-3-4-15(12)2)5-6-16-7-9-17-10-8-16/h3-4H,5-11H2,1-2H3. The van der Waals surface area contributed by atoms with Crippen LogP contribution in [0.4, 0.5) is 0 Å². The van der Waals surface area contributed by atoms with Crippen molar-refractivity contribution in [3.05, 3.63) is 18.2 Å². The molecule has 1 aromatic rings. The first kappa shape index (κ1) is 12.5. The van der Waals surface area contributed by atoms with E-state index in [1.54, 1.807) is 0 Å². The van der Waals surface area contributed by atoms with Crippen LogP contribution in [0.3, 0.4) is 0 Å². The molecule has 1 aliphatic rings. The van der Waals surface area contributed by atoms with Crippen molar-refractivity contribution in [3.63, 3.8) is 0 Å². The first-order valence-electron chi connectivity index (χ1n) is 6.20. The van der Waals surface area contributed by atoms with Gasteiger partial charge in [0, 0.05) is 45.6 Å². The molecule has 0 bridgehead atoms. The summed E-state index contributed by atoms with van der Waals surface area (Å²) < 4.78 is 7.41. The summed E-state index contributed by atoms with van der Waals surface area (Å²) in [6.45, 7) is 6.99. The Hall–Kier alpha value is -0.910. The number of hydrogen-bond acceptors (Lipinski definition) is 4. The van der Waals surface area contributed by atoms with Crippen LogP contribution in [0.15, 0.2) is 12.4 Å². The number of rotatable bonds is 5. The summed E-state index contributed by atoms with van der Waals surface area (Å²) in [5, 5.41) is 0. The highest BCUT2D eigenvalue weighted by Crippen LogP contribution is 2.01. The molecule has 2 heterocycles. The van der Waals surface area contributed by atoms with Crippen LogP contribution < -0.4 is 0 Å². The molecule has 0 aromatic carbocycles. The van der Waals surface area contributed by atoms with Crippen LogP contribution in [0.25, 0.3) is 0 Å². The average Bonchev–Trinajstić information content (AvgIpc) is 2.74. The third-order valence-electron chi connectivity index (χ3n) is 3.23. The van der Waals surface area contributed by atoms with E-state index in [0.29, 0.717) is 0 Å². The Morgan fingerprint density at radius 3 is 2.82 bits per heavy atom. The van der Waals surface area contributed by atoms with Gasteiger partial charge >= 0.3 is 0 Å². The predicted molar refractivity (Wildman–Crippen MR) is 66.8 cm³/mol. The maximum Gasteiger partial charge on any atom is 0.122 e. The zero-order valence-corrected chi connectivity index (χ0v) is 10.8. The summed E-state index contributed by atoms with van der Waals surface area (Å²) >= 11 is 0. The summed E-state index contributed by atoms with van der Waals surface area (Å²) in [4.78, 5) is 9.11. The lowest BCUT2D eigenvalue weighted by atomic mass is 10.4. The lowest BCUT2D eigenvalue weighted by Gasteiger charge is -2.28. The van der Waals surface area contributed by atoms with E-state index in [1.165, 1.54) is 0 Å². The summed E-state index contributed by atoms with van der Waals surface area (Å²) in [7, 11) is 4.19. The quantitative estimate of drug-likeness (QED) is 0.733. The molecule has 0 aliphatic carbocycles. The lowest BCUT2D eigenvalue weighted by molar-refractivity contribution is 0.0341. The van der Waals surface area contributed by atoms with E-state index in [9.17, 15) is 0 Å². The molecule has 0 saturated carbocycles. The van der Waals surface area contributed by atoms with E-state index in [0.717, 1.165) is 51.8 Å². The molecule has 5 heteroatoms. The summed E-state index contributed by atoms with van der Waals surface area (Å²) in [6.07, 6.45) is 3.84. The molecule has 0 amide bonds. The van der Waals surface area contributed by atoms with Crippen molar-refractivity contribution in [1.82, 2.24) is 19.4 Å². The van der Waals surface area contributed by atoms with Crippen LogP contribution in [0.5, 0.6) is 0 Å². The van der Waals surface area contributed by atoms with Gasteiger partial charge in [-0.25, -0.2) is 4.98 Å². The number of aromatic nitrogens is 2. The zero-order valence-electron chi connectivity index (χ0n) is 10.8. The first-order chi connectivity index (χ1) is 8.25. The number of likely N-dealkylation sites (N-methyl/N-ethyl adjacent to an activating group) is 1. The maximum absolute atomic E-state index is 5.34. The second kappa shape index (κ2) is 6.14. The highest BCUT2D eigenvalue weighted by Gasteiger charge is 2.11. The molecule has 1 aliphatic heterocycles. The van der Waals surface area contributed by atoms with E-state index in [-0.39, 0.29) is 0 Å². The summed E-state index contributed by atoms with van der Waals surface area (Å²) in [5.74, 6) is 1.12. The number of ether oxygens (including phenoxy) is 1. The Kier molecular flexibility index (Phi) is 4.53. The summed E-state index contributed by atoms with van der Waals surface area (Å²) in [5.41, 5.74) is 0. The fraction of sp³-hybridized carbons (Fsp3) is 0.750. The second-order valence-corrected chi connectivity index (χ2v) is 4.65. The van der Waals surface area contributed by atoms with Gasteiger partial charge in [0.25, 0.3) is 0 Å². The second-order valence-electron chi connectivity index (χ2n) is 4.65. The molecular weight excluding hydrogens is 216 g/mol. The fourth-order valence-corrected chi connectivity index (χ4v) is 2.01. The molecule has 1 aromatic heterocycles. The van der Waals surface area contributed by atoms with Crippen molar-refractivity contribution in [1.29, 1.82) is 0 Å². The van der Waals surface area contributed by atoms with Gasteiger partial charge < -0.3 is 9.30 Å². The third-order valence-corrected chi connectivity index (χ3v) is 3.23. The fourth-order valence-electron chi connectivity index (χ4n) is 2.01. The zero-order chi connectivity index (χ0) is 12.1. The Bertz CT molecular complexity index is 333. The van der Waals surface area contributed by atoms with Crippen molar-refractivity contribution in [2.75, 3.05) is 46.4 Å². The maximum atomic E-state index is 5.34. The molecule has 0 radical (unpaired) electrons. The molecule has 1 fully saturated rings. The van der Waals surface area contributed by atoms with Crippen LogP contribution in [-0.2, 0) is 18.3 Å². The van der Waals surface area contributed by atoms with Crippen molar-refractivity contribution in [2.45, 2.75) is 6.54 Å². The van der Waals surface area contributed by atoms with Gasteiger partial charge in [-0.3, -0.25) is 9.80 Å². The van der Waals surface area contributed by atoms with Crippen molar-refractivity contribution in [2.24, 2.45) is 7.05 Å². The van der Waals surface area contributed by atoms with Gasteiger partial charge in [-0.2, -0.15) is 0 Å². The van der Waals surface area contributed by atoms with Gasteiger partial charge in [-0.15, -0.1) is 0 Å². The van der Waals surface area contributed by atoms with E-state index >= 15 is 0 Å². The smallest absolute Gasteiger partial charge is 0.122 e. The van der Waals surface area contributed by atoms with E-state index in [1.807, 2.05) is 19.4 Å². The predicted octanol–water partition coefficient (Wildman–Crippen LogP) is 0.184. The molecule has 2 rings (SSSR count). The molecule has 5 nitrogen and oxygen atoms in total. The van der Waals surface area contributed by atoms with Crippen LogP contribution in [0.2, 0.25) is 0 Å². The number of hydrogen-bond donors (Lipinski definition) is 0. The lowest BCUT2D eigenvalue weighted by Crippen LogP contribution is -2.40. The molecule has 0 unspecified atom stereocenters. The van der Waals surface area contributed by atoms with Crippen LogP contribution in [0, 0.1) is 0 Å². The van der Waals surface area contributed by atoms with E-state index < -0.39 is 0 Å². The highest BCUT2D eigenvalue weighted by atomic mass is 16.5. The molecule has 0 N–H and O–H groups in total. The number of nitrogens with zero attached hydrogens (tertiary/aromatic N) is 4. The largest absolute Gasteiger partial charge is 0.379 e. The van der Waals surface area contributed by atoms with Gasteiger partial charge in [0.15, 0.2) is 0 Å². The van der Waals surface area contributed by atoms with Gasteiger partial charge in [-0.05, 0) is 7.05 Å². The molecule has 96 valence electrons. The minimum atomic E-state index is 0.878. The van der Waals surface area contributed by atoms with E-state index in [2.05, 4.69) is 26.4 Å². The van der Waals surface area contributed by atoms with Gasteiger partial charge in [0.2, 0.25) is 0 Å². The van der Waals surface area contributed by atoms with Gasteiger partial charge in [-0.1, -0.05) is 0 Å². The minimum Gasteiger partial charge on any atom is -0.379 e. The molecule has 0 atom stereocenters. The molecule has 17 heavy (non-hydrogen) atoms. The van der Waals surface area contributed by atoms with Crippen molar-refractivity contribution >= 4 is 0 Å². The normalized spacial score (nSPS) is 17.8. The highest BCUT2D eigenvalue weighted by molar-refractivity contribution is 4.90. The Labute approximate surface area is 103 Å². The summed E-state index contributed by atoms with van der Waals surface area (Å²) in [6, 6.07) is 0. The first-order valence-corrected chi connectivity index (χ1v) is 6.20. The Morgan fingerprint density at radius 2 is 2.18 bits per heavy atom. The van der Waals surface area contributed by atoms with E-state index in [4.69, 9.17) is 4.74 Å². The third kappa shape index (κ3) is 3.80. The number of imidazole rings is 1. The molecule has 0 spiro atoms. The van der Waals surface area contributed by atoms with Crippen LogP contribution in [-0.4, -0.2) is 65.8 Å². The average molecular weight is 238 g/mol. The Morgan fingerprint density at radius 1 is 1.41 bits per heavy atom. The van der Waals surface area contributed by atoms with Crippen molar-refractivity contribution < 1.29 is 4.74 Å². The van der Waals surface area contributed by atoms with Crippen LogP contribution in [0.1, 0.15) is 5.82 Å².